The highest BCUT2D eigenvalue weighted by Crippen LogP contribution is 2.25. The van der Waals surface area contributed by atoms with Gasteiger partial charge in [-0.1, -0.05) is 60.7 Å². The standard InChI is InChI=1S/C23H24N2O3S2/c1-25(30(2,27)28)22(19-9-5-3-6-10-19)23(26)24-20-15-13-18(14-16-20)17-29-21-11-7-4-8-12-21/h3-16,22H,17H2,1-2H3,(H,24,26). The van der Waals surface area contributed by atoms with Crippen LogP contribution in [0, 0.1) is 0 Å². The Morgan fingerprint density at radius 2 is 1.50 bits per heavy atom. The van der Waals surface area contributed by atoms with E-state index < -0.39 is 22.0 Å². The number of sulfonamides is 1. The summed E-state index contributed by atoms with van der Waals surface area (Å²) in [4.78, 5) is 14.2. The molecule has 5 nitrogen and oxygen atoms in total. The largest absolute Gasteiger partial charge is 0.324 e. The number of carbonyl (C=O) groups is 1. The topological polar surface area (TPSA) is 66.5 Å². The number of anilines is 1. The second-order valence-corrected chi connectivity index (χ2v) is 9.97. The smallest absolute Gasteiger partial charge is 0.247 e. The summed E-state index contributed by atoms with van der Waals surface area (Å²) in [7, 11) is -2.15. The fourth-order valence-corrected chi connectivity index (χ4v) is 4.41. The zero-order chi connectivity index (χ0) is 21.6. The third kappa shape index (κ3) is 5.95. The molecule has 0 aliphatic rings. The fraction of sp³-hybridized carbons (Fsp3) is 0.174. The lowest BCUT2D eigenvalue weighted by Gasteiger charge is -2.25. The van der Waals surface area contributed by atoms with E-state index in [4.69, 9.17) is 0 Å². The number of nitrogens with one attached hydrogen (secondary N) is 1. The van der Waals surface area contributed by atoms with Crippen molar-refractivity contribution in [2.75, 3.05) is 18.6 Å². The van der Waals surface area contributed by atoms with E-state index in [9.17, 15) is 13.2 Å². The molecule has 3 rings (SSSR count). The average Bonchev–Trinajstić information content (AvgIpc) is 2.74. The molecule has 3 aromatic rings. The summed E-state index contributed by atoms with van der Waals surface area (Å²) in [6, 6.07) is 25.7. The van der Waals surface area contributed by atoms with Gasteiger partial charge in [-0.2, -0.15) is 4.31 Å². The van der Waals surface area contributed by atoms with Crippen molar-refractivity contribution >= 4 is 33.4 Å². The molecular weight excluding hydrogens is 416 g/mol. The van der Waals surface area contributed by atoms with E-state index in [0.29, 0.717) is 11.3 Å². The molecular formula is C23H24N2O3S2. The van der Waals surface area contributed by atoms with E-state index in [0.717, 1.165) is 21.9 Å². The second-order valence-electron chi connectivity index (χ2n) is 6.88. The van der Waals surface area contributed by atoms with E-state index in [-0.39, 0.29) is 0 Å². The number of benzene rings is 3. The second kappa shape index (κ2) is 9.93. The van der Waals surface area contributed by atoms with Gasteiger partial charge in [0, 0.05) is 23.4 Å². The van der Waals surface area contributed by atoms with Crippen LogP contribution in [-0.2, 0) is 20.6 Å². The molecule has 0 saturated carbocycles. The van der Waals surface area contributed by atoms with E-state index in [2.05, 4.69) is 17.4 Å². The van der Waals surface area contributed by atoms with Crippen molar-refractivity contribution in [1.82, 2.24) is 4.31 Å². The van der Waals surface area contributed by atoms with Crippen molar-refractivity contribution in [1.29, 1.82) is 0 Å². The first-order valence-electron chi connectivity index (χ1n) is 9.40. The summed E-state index contributed by atoms with van der Waals surface area (Å²) in [6.45, 7) is 0. The van der Waals surface area contributed by atoms with Gasteiger partial charge in [-0.05, 0) is 35.4 Å². The zero-order valence-corrected chi connectivity index (χ0v) is 18.5. The molecule has 0 heterocycles. The number of carbonyl (C=O) groups excluding carboxylic acids is 1. The molecule has 0 aliphatic carbocycles. The first-order chi connectivity index (χ1) is 14.3. The molecule has 156 valence electrons. The first kappa shape index (κ1) is 22.1. The van der Waals surface area contributed by atoms with Crippen LogP contribution in [0.15, 0.2) is 89.8 Å². The Balaban J connectivity index is 1.71. The van der Waals surface area contributed by atoms with Gasteiger partial charge < -0.3 is 5.32 Å². The van der Waals surface area contributed by atoms with Crippen LogP contribution in [0.3, 0.4) is 0 Å². The van der Waals surface area contributed by atoms with Crippen molar-refractivity contribution in [3.63, 3.8) is 0 Å². The van der Waals surface area contributed by atoms with Crippen LogP contribution in [-0.4, -0.2) is 31.9 Å². The molecule has 1 unspecified atom stereocenters. The van der Waals surface area contributed by atoms with Crippen LogP contribution in [0.25, 0.3) is 0 Å². The Hall–Kier alpha value is -2.61. The predicted molar refractivity (Wildman–Crippen MR) is 123 cm³/mol. The summed E-state index contributed by atoms with van der Waals surface area (Å²) < 4.78 is 25.2. The third-order valence-electron chi connectivity index (χ3n) is 4.62. The zero-order valence-electron chi connectivity index (χ0n) is 16.9. The molecule has 0 saturated heterocycles. The summed E-state index contributed by atoms with van der Waals surface area (Å²) in [5.41, 5.74) is 2.37. The van der Waals surface area contributed by atoms with Gasteiger partial charge in [-0.15, -0.1) is 11.8 Å². The highest BCUT2D eigenvalue weighted by molar-refractivity contribution is 7.98. The van der Waals surface area contributed by atoms with Crippen LogP contribution in [0.4, 0.5) is 5.69 Å². The quantitative estimate of drug-likeness (QED) is 0.522. The van der Waals surface area contributed by atoms with Crippen molar-refractivity contribution < 1.29 is 13.2 Å². The van der Waals surface area contributed by atoms with Gasteiger partial charge in [0.05, 0.1) is 6.26 Å². The van der Waals surface area contributed by atoms with Crippen molar-refractivity contribution in [3.05, 3.63) is 96.1 Å². The molecule has 1 amide bonds. The van der Waals surface area contributed by atoms with Crippen molar-refractivity contribution in [3.8, 4) is 0 Å². The first-order valence-corrected chi connectivity index (χ1v) is 12.2. The van der Waals surface area contributed by atoms with Gasteiger partial charge in [0.1, 0.15) is 6.04 Å². The van der Waals surface area contributed by atoms with Crippen LogP contribution in [0.1, 0.15) is 17.2 Å². The summed E-state index contributed by atoms with van der Waals surface area (Å²) in [6.07, 6.45) is 1.09. The maximum atomic E-state index is 13.0. The lowest BCUT2D eigenvalue weighted by molar-refractivity contribution is -0.119. The molecule has 0 radical (unpaired) electrons. The SMILES string of the molecule is CN(C(C(=O)Nc1ccc(CSc2ccccc2)cc1)c1ccccc1)S(C)(=O)=O. The minimum Gasteiger partial charge on any atom is -0.324 e. The van der Waals surface area contributed by atoms with Crippen molar-refractivity contribution in [2.45, 2.75) is 16.7 Å². The minimum absolute atomic E-state index is 0.402. The molecule has 1 atom stereocenters. The molecule has 1 N–H and O–H groups in total. The monoisotopic (exact) mass is 440 g/mol. The summed E-state index contributed by atoms with van der Waals surface area (Å²) in [5.74, 6) is 0.419. The number of likely N-dealkylation sites (N-methyl/N-ethyl adjacent to an activating group) is 1. The normalized spacial score (nSPS) is 12.5. The van der Waals surface area contributed by atoms with E-state index in [1.54, 1.807) is 36.0 Å². The average molecular weight is 441 g/mol. The molecule has 7 heteroatoms. The number of hydrogen-bond acceptors (Lipinski definition) is 4. The number of hydrogen-bond donors (Lipinski definition) is 1. The maximum absolute atomic E-state index is 13.0. The van der Waals surface area contributed by atoms with E-state index in [1.807, 2.05) is 48.5 Å². The number of thioether (sulfide) groups is 1. The lowest BCUT2D eigenvalue weighted by Crippen LogP contribution is -2.38. The Bertz CT molecular complexity index is 1070. The van der Waals surface area contributed by atoms with Gasteiger partial charge in [0.2, 0.25) is 15.9 Å². The summed E-state index contributed by atoms with van der Waals surface area (Å²) in [5, 5.41) is 2.84. The highest BCUT2D eigenvalue weighted by Gasteiger charge is 2.30. The fourth-order valence-electron chi connectivity index (χ4n) is 2.93. The predicted octanol–water partition coefficient (Wildman–Crippen LogP) is 4.55. The van der Waals surface area contributed by atoms with Gasteiger partial charge in [-0.25, -0.2) is 8.42 Å². The van der Waals surface area contributed by atoms with Gasteiger partial charge in [-0.3, -0.25) is 4.79 Å². The Kier molecular flexibility index (Phi) is 7.31. The molecule has 0 aromatic heterocycles. The van der Waals surface area contributed by atoms with Crippen LogP contribution >= 0.6 is 11.8 Å². The Labute approximate surface area is 182 Å². The van der Waals surface area contributed by atoms with Gasteiger partial charge >= 0.3 is 0 Å². The van der Waals surface area contributed by atoms with Crippen LogP contribution < -0.4 is 5.32 Å². The van der Waals surface area contributed by atoms with Crippen LogP contribution in [0.5, 0.6) is 0 Å². The molecule has 0 fully saturated rings. The van der Waals surface area contributed by atoms with E-state index >= 15 is 0 Å². The molecule has 3 aromatic carbocycles. The number of amides is 1. The Morgan fingerprint density at radius 1 is 0.933 bits per heavy atom. The number of rotatable bonds is 8. The molecule has 0 aliphatic heterocycles. The van der Waals surface area contributed by atoms with Gasteiger partial charge in [0.15, 0.2) is 0 Å². The lowest BCUT2D eigenvalue weighted by atomic mass is 10.1. The molecule has 0 bridgehead atoms. The highest BCUT2D eigenvalue weighted by atomic mass is 32.2. The minimum atomic E-state index is -3.56. The third-order valence-corrected chi connectivity index (χ3v) is 6.96. The molecule has 0 spiro atoms. The van der Waals surface area contributed by atoms with E-state index in [1.165, 1.54) is 11.9 Å². The van der Waals surface area contributed by atoms with Crippen LogP contribution in [0.2, 0.25) is 0 Å². The Morgan fingerprint density at radius 3 is 2.07 bits per heavy atom. The summed E-state index contributed by atoms with van der Waals surface area (Å²) >= 11 is 1.74. The molecule has 30 heavy (non-hydrogen) atoms. The van der Waals surface area contributed by atoms with Gasteiger partial charge in [0.25, 0.3) is 0 Å². The maximum Gasteiger partial charge on any atom is 0.247 e. The van der Waals surface area contributed by atoms with Crippen molar-refractivity contribution in [2.24, 2.45) is 0 Å². The number of nitrogens with zero attached hydrogens (tertiary/aromatic N) is 1.